The van der Waals surface area contributed by atoms with E-state index in [2.05, 4.69) is 25.7 Å². The minimum absolute atomic E-state index is 0.0312. The molecule has 0 aromatic carbocycles. The van der Waals surface area contributed by atoms with Crippen LogP contribution in [0.3, 0.4) is 0 Å². The van der Waals surface area contributed by atoms with Crippen LogP contribution in [0.5, 0.6) is 0 Å². The predicted octanol–water partition coefficient (Wildman–Crippen LogP) is 0.757. The second kappa shape index (κ2) is 10.6. The Morgan fingerprint density at radius 2 is 1.35 bits per heavy atom. The van der Waals surface area contributed by atoms with Gasteiger partial charge in [0.05, 0.1) is 13.1 Å². The molecule has 0 unspecified atom stereocenters. The summed E-state index contributed by atoms with van der Waals surface area (Å²) < 4.78 is 0. The van der Waals surface area contributed by atoms with E-state index in [-0.39, 0.29) is 18.5 Å². The Hall–Kier alpha value is -1.18. The fourth-order valence-corrected chi connectivity index (χ4v) is 2.39. The molecule has 136 valence electrons. The van der Waals surface area contributed by atoms with E-state index in [9.17, 15) is 9.59 Å². The summed E-state index contributed by atoms with van der Waals surface area (Å²) in [5.41, 5.74) is 0.134. The molecule has 0 saturated carbocycles. The number of nitrogens with zero attached hydrogens (tertiary/aromatic N) is 3. The monoisotopic (exact) mass is 331 g/mol. The summed E-state index contributed by atoms with van der Waals surface area (Å²) in [6.45, 7) is 13.0. The molecular formula is C16H33N3O4. The molecule has 0 rings (SSSR count). The Balaban J connectivity index is 4.50. The molecule has 0 spiro atoms. The summed E-state index contributed by atoms with van der Waals surface area (Å²) >= 11 is 0. The highest BCUT2D eigenvalue weighted by atomic mass is 16.4. The van der Waals surface area contributed by atoms with E-state index in [4.69, 9.17) is 10.2 Å². The smallest absolute Gasteiger partial charge is 0.317 e. The molecular weight excluding hydrogens is 298 g/mol. The molecule has 0 heterocycles. The molecule has 23 heavy (non-hydrogen) atoms. The second-order valence-electron chi connectivity index (χ2n) is 7.23. The molecule has 7 nitrogen and oxygen atoms in total. The predicted molar refractivity (Wildman–Crippen MR) is 90.8 cm³/mol. The maximum Gasteiger partial charge on any atom is 0.317 e. The third-order valence-corrected chi connectivity index (χ3v) is 3.44. The Morgan fingerprint density at radius 1 is 0.870 bits per heavy atom. The quantitative estimate of drug-likeness (QED) is 0.546. The lowest BCUT2D eigenvalue weighted by Crippen LogP contribution is -2.43. The molecule has 0 aliphatic carbocycles. The molecule has 0 aliphatic rings. The molecule has 7 heteroatoms. The van der Waals surface area contributed by atoms with Crippen LogP contribution in [0.2, 0.25) is 0 Å². The van der Waals surface area contributed by atoms with Gasteiger partial charge in [-0.25, -0.2) is 0 Å². The lowest BCUT2D eigenvalue weighted by atomic mass is 9.96. The van der Waals surface area contributed by atoms with Crippen molar-refractivity contribution >= 4 is 11.9 Å². The van der Waals surface area contributed by atoms with Crippen LogP contribution in [-0.2, 0) is 9.59 Å². The van der Waals surface area contributed by atoms with Crippen LogP contribution >= 0.6 is 0 Å². The van der Waals surface area contributed by atoms with Crippen LogP contribution in [0.15, 0.2) is 0 Å². The number of aliphatic carboxylic acids is 2. The van der Waals surface area contributed by atoms with Gasteiger partial charge in [-0.15, -0.1) is 0 Å². The second-order valence-corrected chi connectivity index (χ2v) is 7.23. The average Bonchev–Trinajstić information content (AvgIpc) is 2.37. The van der Waals surface area contributed by atoms with Crippen LogP contribution in [0.1, 0.15) is 27.7 Å². The van der Waals surface area contributed by atoms with Gasteiger partial charge < -0.3 is 15.1 Å². The first-order valence-corrected chi connectivity index (χ1v) is 8.10. The number of hydrogen-bond acceptors (Lipinski definition) is 5. The van der Waals surface area contributed by atoms with Gasteiger partial charge >= 0.3 is 11.9 Å². The summed E-state index contributed by atoms with van der Waals surface area (Å²) in [5, 5.41) is 17.7. The van der Waals surface area contributed by atoms with Gasteiger partial charge in [-0.3, -0.25) is 19.4 Å². The zero-order chi connectivity index (χ0) is 18.0. The largest absolute Gasteiger partial charge is 0.480 e. The Morgan fingerprint density at radius 3 is 1.78 bits per heavy atom. The normalized spacial score (nSPS) is 12.3. The Kier molecular flexibility index (Phi) is 10.0. The minimum Gasteiger partial charge on any atom is -0.480 e. The lowest BCUT2D eigenvalue weighted by molar-refractivity contribution is -0.139. The van der Waals surface area contributed by atoms with Crippen molar-refractivity contribution in [2.75, 3.05) is 59.4 Å². The van der Waals surface area contributed by atoms with Crippen molar-refractivity contribution in [3.05, 3.63) is 0 Å². The summed E-state index contributed by atoms with van der Waals surface area (Å²) in [6.07, 6.45) is 0. The number of rotatable bonds is 12. The van der Waals surface area contributed by atoms with E-state index < -0.39 is 11.9 Å². The summed E-state index contributed by atoms with van der Waals surface area (Å²) in [4.78, 5) is 27.5. The summed E-state index contributed by atoms with van der Waals surface area (Å²) in [5.74, 6) is -1.64. The molecule has 0 aliphatic heterocycles. The van der Waals surface area contributed by atoms with Crippen molar-refractivity contribution in [1.29, 1.82) is 0 Å². The van der Waals surface area contributed by atoms with Crippen molar-refractivity contribution in [3.63, 3.8) is 0 Å². The van der Waals surface area contributed by atoms with E-state index in [1.807, 2.05) is 11.8 Å². The van der Waals surface area contributed by atoms with Crippen molar-refractivity contribution < 1.29 is 19.8 Å². The van der Waals surface area contributed by atoms with E-state index in [0.717, 1.165) is 19.6 Å². The molecule has 0 atom stereocenters. The van der Waals surface area contributed by atoms with Crippen molar-refractivity contribution in [2.24, 2.45) is 5.41 Å². The maximum atomic E-state index is 10.8. The van der Waals surface area contributed by atoms with Gasteiger partial charge in [0, 0.05) is 32.7 Å². The first-order chi connectivity index (χ1) is 10.5. The van der Waals surface area contributed by atoms with E-state index in [1.165, 1.54) is 0 Å². The highest BCUT2D eigenvalue weighted by Crippen LogP contribution is 2.15. The average molecular weight is 331 g/mol. The standard InChI is InChI=1S/C16H33N3O4/c1-6-18(12-15(22)23)9-10-19(13-16(2,3)4)8-7-17(5)11-14(20)21/h6-13H2,1-5H3,(H,20,21)(H,22,23). The highest BCUT2D eigenvalue weighted by molar-refractivity contribution is 5.69. The van der Waals surface area contributed by atoms with Crippen LogP contribution in [0.4, 0.5) is 0 Å². The molecule has 2 N–H and O–H groups in total. The van der Waals surface area contributed by atoms with Crippen LogP contribution < -0.4 is 0 Å². The Bertz CT molecular complexity index is 369. The molecule has 0 saturated heterocycles. The lowest BCUT2D eigenvalue weighted by Gasteiger charge is -2.32. The van der Waals surface area contributed by atoms with Crippen molar-refractivity contribution in [2.45, 2.75) is 27.7 Å². The van der Waals surface area contributed by atoms with Crippen LogP contribution in [-0.4, -0.2) is 96.3 Å². The van der Waals surface area contributed by atoms with Crippen molar-refractivity contribution in [1.82, 2.24) is 14.7 Å². The van der Waals surface area contributed by atoms with Gasteiger partial charge in [-0.2, -0.15) is 0 Å². The fourth-order valence-electron chi connectivity index (χ4n) is 2.39. The molecule has 0 fully saturated rings. The van der Waals surface area contributed by atoms with Gasteiger partial charge in [0.25, 0.3) is 0 Å². The van der Waals surface area contributed by atoms with E-state index >= 15 is 0 Å². The minimum atomic E-state index is -0.825. The highest BCUT2D eigenvalue weighted by Gasteiger charge is 2.18. The SMILES string of the molecule is CCN(CCN(CCN(C)CC(=O)O)CC(C)(C)C)CC(=O)O. The van der Waals surface area contributed by atoms with Gasteiger partial charge in [-0.1, -0.05) is 27.7 Å². The molecule has 0 amide bonds. The topological polar surface area (TPSA) is 84.3 Å². The number of carboxylic acid groups (broad SMARTS) is 2. The third kappa shape index (κ3) is 13.0. The van der Waals surface area contributed by atoms with Gasteiger partial charge in [-0.05, 0) is 19.0 Å². The number of hydrogen-bond donors (Lipinski definition) is 2. The Labute approximate surface area is 139 Å². The number of carbonyl (C=O) groups is 2. The first-order valence-electron chi connectivity index (χ1n) is 8.10. The first kappa shape index (κ1) is 21.8. The number of carboxylic acids is 2. The van der Waals surface area contributed by atoms with Crippen LogP contribution in [0.25, 0.3) is 0 Å². The maximum absolute atomic E-state index is 10.8. The summed E-state index contributed by atoms with van der Waals surface area (Å²) in [7, 11) is 1.80. The third-order valence-electron chi connectivity index (χ3n) is 3.44. The van der Waals surface area contributed by atoms with Gasteiger partial charge in [0.1, 0.15) is 0 Å². The van der Waals surface area contributed by atoms with Gasteiger partial charge in [0.2, 0.25) is 0 Å². The van der Waals surface area contributed by atoms with E-state index in [1.54, 1.807) is 11.9 Å². The fraction of sp³-hybridized carbons (Fsp3) is 0.875. The molecule has 0 aromatic heterocycles. The van der Waals surface area contributed by atoms with E-state index in [0.29, 0.717) is 19.6 Å². The number of likely N-dealkylation sites (N-methyl/N-ethyl adjacent to an activating group) is 2. The molecule has 0 bridgehead atoms. The van der Waals surface area contributed by atoms with Crippen LogP contribution in [0, 0.1) is 5.41 Å². The zero-order valence-electron chi connectivity index (χ0n) is 15.2. The van der Waals surface area contributed by atoms with Gasteiger partial charge in [0.15, 0.2) is 0 Å². The molecule has 0 aromatic rings. The molecule has 0 radical (unpaired) electrons. The van der Waals surface area contributed by atoms with Crippen molar-refractivity contribution in [3.8, 4) is 0 Å². The summed E-state index contributed by atoms with van der Waals surface area (Å²) in [6, 6.07) is 0. The zero-order valence-corrected chi connectivity index (χ0v) is 15.2.